The van der Waals surface area contributed by atoms with Gasteiger partial charge in [0.1, 0.15) is 12.7 Å². The van der Waals surface area contributed by atoms with Crippen molar-refractivity contribution in [3.63, 3.8) is 0 Å². The molecule has 1 aromatic heterocycles. The lowest BCUT2D eigenvalue weighted by Gasteiger charge is -2.19. The van der Waals surface area contributed by atoms with Gasteiger partial charge >= 0.3 is 0 Å². The van der Waals surface area contributed by atoms with Crippen LogP contribution in [0.15, 0.2) is 42.7 Å². The Kier molecular flexibility index (Phi) is 6.84. The van der Waals surface area contributed by atoms with Gasteiger partial charge in [-0.1, -0.05) is 6.07 Å². The Balaban J connectivity index is 1.61. The van der Waals surface area contributed by atoms with Crippen LogP contribution < -0.4 is 20.5 Å². The molecule has 150 valence electrons. The number of pyridine rings is 1. The molecule has 2 heterocycles. The molecule has 1 aliphatic rings. The van der Waals surface area contributed by atoms with Crippen molar-refractivity contribution >= 4 is 5.91 Å². The van der Waals surface area contributed by atoms with Gasteiger partial charge in [0.15, 0.2) is 11.5 Å². The number of aromatic nitrogens is 1. The number of carbonyl (C=O) groups is 1. The molecule has 3 N–H and O–H groups in total. The summed E-state index contributed by atoms with van der Waals surface area (Å²) < 4.78 is 17.0. The van der Waals surface area contributed by atoms with Gasteiger partial charge in [0.05, 0.1) is 19.3 Å². The minimum atomic E-state index is -0.430. The van der Waals surface area contributed by atoms with Crippen molar-refractivity contribution in [3.8, 4) is 11.5 Å². The minimum absolute atomic E-state index is 0.0250. The fourth-order valence-corrected chi connectivity index (χ4v) is 3.17. The second kappa shape index (κ2) is 9.52. The topological polar surface area (TPSA) is 95.7 Å². The maximum absolute atomic E-state index is 12.4. The lowest BCUT2D eigenvalue weighted by atomic mass is 10.1. The van der Waals surface area contributed by atoms with Crippen LogP contribution in [0.5, 0.6) is 11.5 Å². The summed E-state index contributed by atoms with van der Waals surface area (Å²) in [4.78, 5) is 16.4. The Morgan fingerprint density at radius 1 is 1.29 bits per heavy atom. The van der Waals surface area contributed by atoms with E-state index in [9.17, 15) is 4.79 Å². The van der Waals surface area contributed by atoms with E-state index in [1.807, 2.05) is 37.3 Å². The molecule has 1 aromatic carbocycles. The maximum Gasteiger partial charge on any atom is 0.249 e. The van der Waals surface area contributed by atoms with Gasteiger partial charge in [0, 0.05) is 18.9 Å². The highest BCUT2D eigenvalue weighted by Gasteiger charge is 2.30. The number of carbonyl (C=O) groups excluding carboxylic acids is 1. The van der Waals surface area contributed by atoms with E-state index in [4.69, 9.17) is 19.9 Å². The van der Waals surface area contributed by atoms with E-state index < -0.39 is 6.10 Å². The molecule has 3 rings (SSSR count). The van der Waals surface area contributed by atoms with Crippen molar-refractivity contribution in [2.75, 3.05) is 13.7 Å². The van der Waals surface area contributed by atoms with Crippen molar-refractivity contribution < 1.29 is 19.0 Å². The molecule has 3 atom stereocenters. The predicted molar refractivity (Wildman–Crippen MR) is 105 cm³/mol. The highest BCUT2D eigenvalue weighted by atomic mass is 16.5. The first-order valence-corrected chi connectivity index (χ1v) is 9.46. The molecule has 0 bridgehead atoms. The SMILES string of the molecule is COc1cc(C(C)NC(=O)[C@@H]2CC[C@H](CN)O2)ccc1OCc1ccncc1. The van der Waals surface area contributed by atoms with Crippen LogP contribution in [0.4, 0.5) is 0 Å². The van der Waals surface area contributed by atoms with Crippen LogP contribution in [0.2, 0.25) is 0 Å². The molecule has 7 nitrogen and oxygen atoms in total. The van der Waals surface area contributed by atoms with Gasteiger partial charge in [-0.05, 0) is 55.2 Å². The third-order valence-electron chi connectivity index (χ3n) is 4.85. The average Bonchev–Trinajstić information content (AvgIpc) is 3.22. The van der Waals surface area contributed by atoms with Crippen LogP contribution in [-0.2, 0) is 16.1 Å². The van der Waals surface area contributed by atoms with Crippen molar-refractivity contribution in [1.82, 2.24) is 10.3 Å². The highest BCUT2D eigenvalue weighted by Crippen LogP contribution is 2.31. The first-order chi connectivity index (χ1) is 13.6. The molecule has 7 heteroatoms. The molecule has 2 aromatic rings. The van der Waals surface area contributed by atoms with Crippen molar-refractivity contribution in [2.45, 2.75) is 44.6 Å². The normalized spacial score (nSPS) is 19.8. The first-order valence-electron chi connectivity index (χ1n) is 9.46. The summed E-state index contributed by atoms with van der Waals surface area (Å²) in [5.41, 5.74) is 7.56. The van der Waals surface area contributed by atoms with Crippen LogP contribution in [0, 0.1) is 0 Å². The molecule has 0 radical (unpaired) electrons. The van der Waals surface area contributed by atoms with E-state index in [0.29, 0.717) is 31.1 Å². The number of hydrogen-bond acceptors (Lipinski definition) is 6. The third-order valence-corrected chi connectivity index (χ3v) is 4.85. The summed E-state index contributed by atoms with van der Waals surface area (Å²) in [6.45, 7) is 2.79. The Labute approximate surface area is 165 Å². The average molecular weight is 385 g/mol. The summed E-state index contributed by atoms with van der Waals surface area (Å²) in [6, 6.07) is 9.28. The zero-order valence-corrected chi connectivity index (χ0v) is 16.3. The number of methoxy groups -OCH3 is 1. The Hall–Kier alpha value is -2.64. The summed E-state index contributed by atoms with van der Waals surface area (Å²) >= 11 is 0. The Bertz CT molecular complexity index is 784. The number of ether oxygens (including phenoxy) is 3. The lowest BCUT2D eigenvalue weighted by Crippen LogP contribution is -2.37. The van der Waals surface area contributed by atoms with Gasteiger partial charge in [-0.3, -0.25) is 9.78 Å². The zero-order chi connectivity index (χ0) is 19.9. The summed E-state index contributed by atoms with van der Waals surface area (Å²) in [7, 11) is 1.60. The molecule has 0 spiro atoms. The zero-order valence-electron chi connectivity index (χ0n) is 16.3. The minimum Gasteiger partial charge on any atom is -0.493 e. The second-order valence-corrected chi connectivity index (χ2v) is 6.84. The molecule has 0 saturated carbocycles. The quantitative estimate of drug-likeness (QED) is 0.724. The van der Waals surface area contributed by atoms with Crippen molar-refractivity contribution in [3.05, 3.63) is 53.9 Å². The van der Waals surface area contributed by atoms with Gasteiger partial charge in [-0.2, -0.15) is 0 Å². The molecule has 1 amide bonds. The number of rotatable bonds is 8. The monoisotopic (exact) mass is 385 g/mol. The summed E-state index contributed by atoms with van der Waals surface area (Å²) in [5, 5.41) is 3.00. The van der Waals surface area contributed by atoms with Gasteiger partial charge < -0.3 is 25.3 Å². The van der Waals surface area contributed by atoms with Crippen molar-refractivity contribution in [2.24, 2.45) is 5.73 Å². The van der Waals surface area contributed by atoms with Crippen molar-refractivity contribution in [1.29, 1.82) is 0 Å². The molecule has 1 saturated heterocycles. The van der Waals surface area contributed by atoms with Crippen LogP contribution in [0.3, 0.4) is 0 Å². The standard InChI is InChI=1S/C21H27N3O4/c1-14(24-21(25)19-6-4-17(12-22)28-19)16-3-5-18(20(11-16)26-2)27-13-15-7-9-23-10-8-15/h3,5,7-11,14,17,19H,4,6,12-13,22H2,1-2H3,(H,24,25)/t14?,17-,19+/m1/s1. The molecule has 28 heavy (non-hydrogen) atoms. The number of nitrogens with zero attached hydrogens (tertiary/aromatic N) is 1. The number of nitrogens with one attached hydrogen (secondary N) is 1. The number of benzene rings is 1. The summed E-state index contributed by atoms with van der Waals surface area (Å²) in [5.74, 6) is 1.15. The molecule has 0 aliphatic carbocycles. The fourth-order valence-electron chi connectivity index (χ4n) is 3.17. The van der Waals surface area contributed by atoms with E-state index in [1.165, 1.54) is 0 Å². The van der Waals surface area contributed by atoms with Gasteiger partial charge in [0.25, 0.3) is 0 Å². The second-order valence-electron chi connectivity index (χ2n) is 6.84. The van der Waals surface area contributed by atoms with E-state index in [2.05, 4.69) is 10.3 Å². The Morgan fingerprint density at radius 3 is 2.75 bits per heavy atom. The van der Waals surface area contributed by atoms with Crippen LogP contribution in [0.1, 0.15) is 36.9 Å². The highest BCUT2D eigenvalue weighted by molar-refractivity contribution is 5.81. The van der Waals surface area contributed by atoms with E-state index in [-0.39, 0.29) is 18.1 Å². The fraction of sp³-hybridized carbons (Fsp3) is 0.429. The van der Waals surface area contributed by atoms with E-state index >= 15 is 0 Å². The molecule has 1 fully saturated rings. The predicted octanol–water partition coefficient (Wildman–Crippen LogP) is 2.35. The first kappa shape index (κ1) is 20.1. The lowest BCUT2D eigenvalue weighted by molar-refractivity contribution is -0.132. The molecular weight excluding hydrogens is 358 g/mol. The molecule has 1 aliphatic heterocycles. The molecular formula is C21H27N3O4. The van der Waals surface area contributed by atoms with Gasteiger partial charge in [-0.15, -0.1) is 0 Å². The van der Waals surface area contributed by atoms with Gasteiger partial charge in [-0.25, -0.2) is 0 Å². The van der Waals surface area contributed by atoms with E-state index in [1.54, 1.807) is 19.5 Å². The van der Waals surface area contributed by atoms with Crippen LogP contribution in [0.25, 0.3) is 0 Å². The number of hydrogen-bond donors (Lipinski definition) is 2. The largest absolute Gasteiger partial charge is 0.493 e. The summed E-state index contributed by atoms with van der Waals surface area (Å²) in [6.07, 6.45) is 4.52. The van der Waals surface area contributed by atoms with E-state index in [0.717, 1.165) is 17.5 Å². The molecule has 1 unspecified atom stereocenters. The number of amides is 1. The smallest absolute Gasteiger partial charge is 0.249 e. The number of nitrogens with two attached hydrogens (primary N) is 1. The maximum atomic E-state index is 12.4. The Morgan fingerprint density at radius 2 is 2.07 bits per heavy atom. The third kappa shape index (κ3) is 4.99. The van der Waals surface area contributed by atoms with Gasteiger partial charge in [0.2, 0.25) is 5.91 Å². The van der Waals surface area contributed by atoms with Crippen LogP contribution >= 0.6 is 0 Å². The van der Waals surface area contributed by atoms with Crippen LogP contribution in [-0.4, -0.2) is 36.8 Å².